The molecule has 0 radical (unpaired) electrons. The average molecular weight is 406 g/mol. The van der Waals surface area contributed by atoms with Crippen molar-refractivity contribution in [3.63, 3.8) is 0 Å². The molecule has 0 unspecified atom stereocenters. The first-order valence-corrected chi connectivity index (χ1v) is 9.68. The van der Waals surface area contributed by atoms with Crippen LogP contribution in [0.5, 0.6) is 5.75 Å². The second-order valence-corrected chi connectivity index (χ2v) is 7.33. The molecule has 154 valence electrons. The van der Waals surface area contributed by atoms with Crippen molar-refractivity contribution in [2.45, 2.75) is 25.4 Å². The Labute approximate surface area is 173 Å². The van der Waals surface area contributed by atoms with E-state index in [1.54, 1.807) is 42.5 Å². The van der Waals surface area contributed by atoms with E-state index in [4.69, 9.17) is 4.74 Å². The minimum Gasteiger partial charge on any atom is -0.497 e. The van der Waals surface area contributed by atoms with Gasteiger partial charge in [0, 0.05) is 24.0 Å². The van der Waals surface area contributed by atoms with Crippen molar-refractivity contribution in [1.82, 2.24) is 20.5 Å². The van der Waals surface area contributed by atoms with E-state index < -0.39 is 17.5 Å². The average Bonchev–Trinajstić information content (AvgIpc) is 3.21. The largest absolute Gasteiger partial charge is 0.497 e. The zero-order valence-corrected chi connectivity index (χ0v) is 16.8. The maximum absolute atomic E-state index is 12.9. The molecule has 0 spiro atoms. The van der Waals surface area contributed by atoms with E-state index in [0.29, 0.717) is 17.9 Å². The molecular weight excluding hydrogens is 384 g/mol. The first-order valence-electron chi connectivity index (χ1n) is 9.68. The standard InChI is InChI=1S/C22H22N4O4/c1-3-16-6-4-14(11-23-16)8-9-22(20(28)24-21(29)25-22)13-26-12-15-5-7-17(30-2)10-18(15)19(26)27/h4-11H,3,12-13H2,1-2H3,(H2,24,25,28,29)/t22-/m1/s1. The van der Waals surface area contributed by atoms with Crippen molar-refractivity contribution < 1.29 is 19.1 Å². The van der Waals surface area contributed by atoms with Crippen LogP contribution in [-0.2, 0) is 17.8 Å². The Hall–Kier alpha value is -3.68. The lowest BCUT2D eigenvalue weighted by Gasteiger charge is -2.28. The van der Waals surface area contributed by atoms with E-state index in [1.165, 1.54) is 0 Å². The molecule has 3 heterocycles. The normalized spacial score (nSPS) is 20.5. The number of urea groups is 1. The third kappa shape index (κ3) is 3.52. The van der Waals surface area contributed by atoms with Gasteiger partial charge in [0.25, 0.3) is 11.8 Å². The molecule has 1 aromatic heterocycles. The summed E-state index contributed by atoms with van der Waals surface area (Å²) in [5.74, 6) is -0.115. The smallest absolute Gasteiger partial charge is 0.322 e. The molecule has 1 aromatic carbocycles. The number of aromatic nitrogens is 1. The first kappa shape index (κ1) is 19.6. The highest BCUT2D eigenvalue weighted by atomic mass is 16.5. The van der Waals surface area contributed by atoms with Gasteiger partial charge in [0.15, 0.2) is 5.54 Å². The molecule has 1 atom stereocenters. The Kier molecular flexibility index (Phi) is 4.99. The Morgan fingerprint density at radius 3 is 2.70 bits per heavy atom. The maximum Gasteiger partial charge on any atom is 0.322 e. The minimum atomic E-state index is -1.36. The van der Waals surface area contributed by atoms with Gasteiger partial charge in [0.1, 0.15) is 5.75 Å². The fraction of sp³-hybridized carbons (Fsp3) is 0.273. The zero-order chi connectivity index (χ0) is 21.3. The number of nitrogens with zero attached hydrogens (tertiary/aromatic N) is 2. The van der Waals surface area contributed by atoms with Crippen LogP contribution in [0.2, 0.25) is 0 Å². The molecule has 2 aliphatic rings. The number of aryl methyl sites for hydroxylation is 1. The van der Waals surface area contributed by atoms with Gasteiger partial charge in [-0.15, -0.1) is 0 Å². The number of hydrogen-bond acceptors (Lipinski definition) is 5. The number of ether oxygens (including phenoxy) is 1. The van der Waals surface area contributed by atoms with Gasteiger partial charge in [-0.2, -0.15) is 0 Å². The van der Waals surface area contributed by atoms with Crippen LogP contribution < -0.4 is 15.4 Å². The number of imide groups is 1. The fourth-order valence-corrected chi connectivity index (χ4v) is 3.66. The molecule has 2 aliphatic heterocycles. The third-order valence-corrected chi connectivity index (χ3v) is 5.38. The van der Waals surface area contributed by atoms with Gasteiger partial charge in [-0.25, -0.2) is 4.79 Å². The number of benzene rings is 1. The molecule has 0 bridgehead atoms. The van der Waals surface area contributed by atoms with Gasteiger partial charge in [-0.1, -0.05) is 25.1 Å². The quantitative estimate of drug-likeness (QED) is 0.714. The van der Waals surface area contributed by atoms with Crippen molar-refractivity contribution in [3.8, 4) is 5.75 Å². The van der Waals surface area contributed by atoms with Crippen LogP contribution in [0.15, 0.2) is 42.6 Å². The predicted octanol–water partition coefficient (Wildman–Crippen LogP) is 1.90. The van der Waals surface area contributed by atoms with E-state index in [-0.39, 0.29) is 12.5 Å². The number of amides is 4. The van der Waals surface area contributed by atoms with Crippen LogP contribution in [-0.4, -0.2) is 46.9 Å². The van der Waals surface area contributed by atoms with Crippen LogP contribution >= 0.6 is 0 Å². The summed E-state index contributed by atoms with van der Waals surface area (Å²) in [6.07, 6.45) is 5.89. The number of pyridine rings is 1. The molecule has 0 saturated carbocycles. The Morgan fingerprint density at radius 1 is 1.23 bits per heavy atom. The Morgan fingerprint density at radius 2 is 2.07 bits per heavy atom. The summed E-state index contributed by atoms with van der Waals surface area (Å²) >= 11 is 0. The third-order valence-electron chi connectivity index (χ3n) is 5.38. The number of carbonyl (C=O) groups is 3. The number of nitrogens with one attached hydrogen (secondary N) is 2. The van der Waals surface area contributed by atoms with Crippen LogP contribution in [0, 0.1) is 0 Å². The second-order valence-electron chi connectivity index (χ2n) is 7.33. The monoisotopic (exact) mass is 406 g/mol. The molecule has 0 aliphatic carbocycles. The van der Waals surface area contributed by atoms with Crippen molar-refractivity contribution in [3.05, 3.63) is 65.0 Å². The fourth-order valence-electron chi connectivity index (χ4n) is 3.66. The lowest BCUT2D eigenvalue weighted by molar-refractivity contribution is -0.122. The van der Waals surface area contributed by atoms with Crippen molar-refractivity contribution >= 4 is 23.9 Å². The van der Waals surface area contributed by atoms with E-state index in [9.17, 15) is 14.4 Å². The van der Waals surface area contributed by atoms with Gasteiger partial charge in [0.2, 0.25) is 0 Å². The van der Waals surface area contributed by atoms with Gasteiger partial charge < -0.3 is 15.0 Å². The molecule has 1 fully saturated rings. The topological polar surface area (TPSA) is 101 Å². The van der Waals surface area contributed by atoms with Gasteiger partial charge in [-0.3, -0.25) is 19.9 Å². The maximum atomic E-state index is 12.9. The summed E-state index contributed by atoms with van der Waals surface area (Å²) in [7, 11) is 1.54. The lowest BCUT2D eigenvalue weighted by Crippen LogP contribution is -2.53. The van der Waals surface area contributed by atoms with Crippen LogP contribution in [0.25, 0.3) is 6.08 Å². The van der Waals surface area contributed by atoms with Gasteiger partial charge in [-0.05, 0) is 41.8 Å². The zero-order valence-electron chi connectivity index (χ0n) is 16.8. The van der Waals surface area contributed by atoms with Crippen LogP contribution in [0.4, 0.5) is 4.79 Å². The highest BCUT2D eigenvalue weighted by Crippen LogP contribution is 2.29. The number of methoxy groups -OCH3 is 1. The van der Waals surface area contributed by atoms with Gasteiger partial charge in [0.05, 0.1) is 13.7 Å². The van der Waals surface area contributed by atoms with E-state index >= 15 is 0 Å². The summed E-state index contributed by atoms with van der Waals surface area (Å²) in [5, 5.41) is 4.96. The second kappa shape index (κ2) is 7.62. The summed E-state index contributed by atoms with van der Waals surface area (Å²) in [6.45, 7) is 2.38. The summed E-state index contributed by atoms with van der Waals surface area (Å²) in [5.41, 5.74) is 1.79. The summed E-state index contributed by atoms with van der Waals surface area (Å²) in [6, 6.07) is 8.54. The molecule has 30 heavy (non-hydrogen) atoms. The molecule has 2 N–H and O–H groups in total. The summed E-state index contributed by atoms with van der Waals surface area (Å²) in [4.78, 5) is 43.4. The van der Waals surface area contributed by atoms with Crippen LogP contribution in [0.1, 0.15) is 34.1 Å². The van der Waals surface area contributed by atoms with E-state index in [1.807, 2.05) is 25.1 Å². The SMILES string of the molecule is CCc1ccc(C=C[C@]2(CN3Cc4ccc(OC)cc4C3=O)NC(=O)NC2=O)cn1. The van der Waals surface area contributed by atoms with Gasteiger partial charge >= 0.3 is 6.03 Å². The molecule has 4 amide bonds. The number of rotatable bonds is 6. The molecule has 1 saturated heterocycles. The number of fused-ring (bicyclic) bond motifs is 1. The highest BCUT2D eigenvalue weighted by molar-refractivity contribution is 6.09. The van der Waals surface area contributed by atoms with Crippen LogP contribution in [0.3, 0.4) is 0 Å². The Bertz CT molecular complexity index is 1050. The number of hydrogen-bond donors (Lipinski definition) is 2. The minimum absolute atomic E-state index is 0.0113. The highest BCUT2D eigenvalue weighted by Gasteiger charge is 2.47. The van der Waals surface area contributed by atoms with Crippen molar-refractivity contribution in [1.29, 1.82) is 0 Å². The molecule has 2 aromatic rings. The Balaban J connectivity index is 1.60. The van der Waals surface area contributed by atoms with E-state index in [2.05, 4.69) is 15.6 Å². The summed E-state index contributed by atoms with van der Waals surface area (Å²) < 4.78 is 5.20. The van der Waals surface area contributed by atoms with Crippen molar-refractivity contribution in [2.24, 2.45) is 0 Å². The van der Waals surface area contributed by atoms with Crippen molar-refractivity contribution in [2.75, 3.05) is 13.7 Å². The molecule has 8 heteroatoms. The molecule has 4 rings (SSSR count). The number of carbonyl (C=O) groups excluding carboxylic acids is 3. The lowest BCUT2D eigenvalue weighted by atomic mass is 9.97. The predicted molar refractivity (Wildman–Crippen MR) is 110 cm³/mol. The first-order chi connectivity index (χ1) is 14.4. The van der Waals surface area contributed by atoms with E-state index in [0.717, 1.165) is 23.2 Å². The molecular formula is C22H22N4O4. The molecule has 8 nitrogen and oxygen atoms in total.